The fourth-order valence-electron chi connectivity index (χ4n) is 2.09. The lowest BCUT2D eigenvalue weighted by atomic mass is 10.2. The number of carbonyl (C=O) groups excluding carboxylic acids is 1. The van der Waals surface area contributed by atoms with Gasteiger partial charge in [0.05, 0.1) is 22.6 Å². The van der Waals surface area contributed by atoms with Gasteiger partial charge in [0, 0.05) is 0 Å². The summed E-state index contributed by atoms with van der Waals surface area (Å²) < 4.78 is 30.5. The lowest BCUT2D eigenvalue weighted by Crippen LogP contribution is -2.21. The lowest BCUT2D eigenvalue weighted by Gasteiger charge is -2.02. The van der Waals surface area contributed by atoms with Crippen molar-refractivity contribution in [2.45, 2.75) is 22.6 Å². The normalized spacial score (nSPS) is 11.4. The third-order valence-corrected chi connectivity index (χ3v) is 6.75. The maximum absolute atomic E-state index is 12.6. The number of nitrogens with one attached hydrogen (secondary N) is 1. The molecule has 3 aromatic rings. The van der Waals surface area contributed by atoms with Crippen LogP contribution in [0.1, 0.15) is 21.0 Å². The van der Waals surface area contributed by atoms with Crippen LogP contribution < -0.4 is 5.32 Å². The minimum atomic E-state index is -3.61. The highest BCUT2D eigenvalue weighted by Crippen LogP contribution is 2.28. The van der Waals surface area contributed by atoms with Gasteiger partial charge in [-0.1, -0.05) is 17.7 Å². The molecule has 2 heterocycles. The smallest absolute Gasteiger partial charge is 0.261 e. The zero-order valence-electron chi connectivity index (χ0n) is 12.9. The number of benzene rings is 1. The third-order valence-electron chi connectivity index (χ3n) is 3.40. The quantitative estimate of drug-likeness (QED) is 0.755. The Balaban J connectivity index is 1.77. The number of amides is 1. The molecule has 0 aliphatic rings. The summed E-state index contributed by atoms with van der Waals surface area (Å²) in [6.45, 7) is 2.15. The average molecular weight is 361 g/mol. The molecule has 0 radical (unpaired) electrons. The number of sulfone groups is 1. The number of hydrogen-bond acceptors (Lipinski definition) is 5. The van der Waals surface area contributed by atoms with Crippen LogP contribution in [-0.2, 0) is 16.4 Å². The zero-order valence-corrected chi connectivity index (χ0v) is 14.5. The molecule has 0 saturated heterocycles. The number of rotatable bonds is 5. The predicted octanol–water partition coefficient (Wildman–Crippen LogP) is 3.41. The monoisotopic (exact) mass is 361 g/mol. The van der Waals surface area contributed by atoms with Crippen molar-refractivity contribution >= 4 is 27.1 Å². The highest BCUT2D eigenvalue weighted by atomic mass is 32.2. The van der Waals surface area contributed by atoms with Gasteiger partial charge in [0.25, 0.3) is 5.91 Å². The summed E-state index contributed by atoms with van der Waals surface area (Å²) in [5.74, 6) is 0.300. The Hall–Kier alpha value is -2.38. The van der Waals surface area contributed by atoms with E-state index in [1.165, 1.54) is 18.4 Å². The Bertz CT molecular complexity index is 939. The van der Waals surface area contributed by atoms with Crippen molar-refractivity contribution in [1.29, 1.82) is 0 Å². The van der Waals surface area contributed by atoms with E-state index in [1.54, 1.807) is 36.4 Å². The molecule has 7 heteroatoms. The van der Waals surface area contributed by atoms with Gasteiger partial charge in [-0.25, -0.2) is 8.42 Å². The van der Waals surface area contributed by atoms with E-state index in [1.807, 2.05) is 6.92 Å². The van der Waals surface area contributed by atoms with E-state index in [9.17, 15) is 13.2 Å². The third kappa shape index (κ3) is 3.42. The molecule has 3 rings (SSSR count). The molecule has 2 aromatic heterocycles. The molecule has 0 fully saturated rings. The molecule has 1 N–H and O–H groups in total. The molecular formula is C17H15NO4S2. The van der Waals surface area contributed by atoms with Crippen LogP contribution in [-0.4, -0.2) is 14.3 Å². The minimum absolute atomic E-state index is 0.148. The molecule has 0 bridgehead atoms. The molecule has 0 saturated carbocycles. The van der Waals surface area contributed by atoms with Gasteiger partial charge in [-0.3, -0.25) is 4.79 Å². The first-order valence-corrected chi connectivity index (χ1v) is 9.49. The summed E-state index contributed by atoms with van der Waals surface area (Å²) in [5, 5.41) is 2.70. The highest BCUT2D eigenvalue weighted by Gasteiger charge is 2.21. The number of aryl methyl sites for hydroxylation is 1. The van der Waals surface area contributed by atoms with Gasteiger partial charge in [0.2, 0.25) is 9.84 Å². The van der Waals surface area contributed by atoms with Crippen molar-refractivity contribution in [3.8, 4) is 0 Å². The van der Waals surface area contributed by atoms with Crippen LogP contribution in [0.25, 0.3) is 0 Å². The zero-order chi connectivity index (χ0) is 17.2. The van der Waals surface area contributed by atoms with E-state index in [2.05, 4.69) is 5.32 Å². The molecule has 0 spiro atoms. The molecule has 5 nitrogen and oxygen atoms in total. The average Bonchev–Trinajstić information content (AvgIpc) is 3.25. The molecule has 124 valence electrons. The molecule has 24 heavy (non-hydrogen) atoms. The van der Waals surface area contributed by atoms with Crippen molar-refractivity contribution in [2.24, 2.45) is 0 Å². The van der Waals surface area contributed by atoms with Crippen LogP contribution in [0.2, 0.25) is 0 Å². The molecule has 0 unspecified atom stereocenters. The number of furan rings is 1. The lowest BCUT2D eigenvalue weighted by molar-refractivity contribution is 0.0952. The SMILES string of the molecule is Cc1ccc(S(=O)(=O)c2ccc(C(=O)NCc3ccco3)s2)cc1. The first kappa shape index (κ1) is 16.5. The van der Waals surface area contributed by atoms with Gasteiger partial charge in [0.15, 0.2) is 0 Å². The van der Waals surface area contributed by atoms with E-state index in [0.29, 0.717) is 10.6 Å². The van der Waals surface area contributed by atoms with Crippen LogP contribution in [0.3, 0.4) is 0 Å². The molecule has 0 aliphatic carbocycles. The van der Waals surface area contributed by atoms with Crippen LogP contribution >= 0.6 is 11.3 Å². The summed E-state index contributed by atoms with van der Waals surface area (Å²) in [6.07, 6.45) is 1.53. The summed E-state index contributed by atoms with van der Waals surface area (Å²) >= 11 is 0.954. The van der Waals surface area contributed by atoms with Gasteiger partial charge in [-0.05, 0) is 43.3 Å². The van der Waals surface area contributed by atoms with E-state index in [0.717, 1.165) is 16.9 Å². The topological polar surface area (TPSA) is 76.4 Å². The summed E-state index contributed by atoms with van der Waals surface area (Å²) in [4.78, 5) is 12.7. The second-order valence-electron chi connectivity index (χ2n) is 5.20. The summed E-state index contributed by atoms with van der Waals surface area (Å²) in [6, 6.07) is 13.1. The van der Waals surface area contributed by atoms with Crippen molar-refractivity contribution in [2.75, 3.05) is 0 Å². The van der Waals surface area contributed by atoms with E-state index < -0.39 is 9.84 Å². The number of hydrogen-bond donors (Lipinski definition) is 1. The van der Waals surface area contributed by atoms with Gasteiger partial charge < -0.3 is 9.73 Å². The Kier molecular flexibility index (Phi) is 4.55. The summed E-state index contributed by atoms with van der Waals surface area (Å²) in [7, 11) is -3.61. The maximum Gasteiger partial charge on any atom is 0.261 e. The van der Waals surface area contributed by atoms with Crippen molar-refractivity contribution in [3.05, 3.63) is 71.0 Å². The van der Waals surface area contributed by atoms with Crippen LogP contribution in [0.15, 0.2) is 68.3 Å². The van der Waals surface area contributed by atoms with E-state index in [4.69, 9.17) is 4.42 Å². The first-order chi connectivity index (χ1) is 11.5. The number of thiophene rings is 1. The largest absolute Gasteiger partial charge is 0.467 e. The Labute approximate surface area is 143 Å². The fourth-order valence-corrected chi connectivity index (χ4v) is 4.71. The molecule has 1 amide bonds. The second kappa shape index (κ2) is 6.62. The molecule has 0 atom stereocenters. The highest BCUT2D eigenvalue weighted by molar-refractivity contribution is 7.93. The molecular weight excluding hydrogens is 346 g/mol. The predicted molar refractivity (Wildman–Crippen MR) is 90.8 cm³/mol. The first-order valence-electron chi connectivity index (χ1n) is 7.19. The van der Waals surface area contributed by atoms with Gasteiger partial charge >= 0.3 is 0 Å². The minimum Gasteiger partial charge on any atom is -0.467 e. The molecule has 1 aromatic carbocycles. The van der Waals surface area contributed by atoms with Gasteiger partial charge in [0.1, 0.15) is 9.97 Å². The van der Waals surface area contributed by atoms with Crippen LogP contribution in [0.4, 0.5) is 0 Å². The second-order valence-corrected chi connectivity index (χ2v) is 8.46. The van der Waals surface area contributed by atoms with E-state index in [-0.39, 0.29) is 21.6 Å². The Morgan fingerprint density at radius 1 is 1.12 bits per heavy atom. The fraction of sp³-hybridized carbons (Fsp3) is 0.118. The van der Waals surface area contributed by atoms with Crippen LogP contribution in [0.5, 0.6) is 0 Å². The van der Waals surface area contributed by atoms with Crippen molar-refractivity contribution in [3.63, 3.8) is 0 Å². The van der Waals surface area contributed by atoms with Gasteiger partial charge in [-0.15, -0.1) is 11.3 Å². The summed E-state index contributed by atoms with van der Waals surface area (Å²) in [5.41, 5.74) is 0.984. The Morgan fingerprint density at radius 3 is 2.54 bits per heavy atom. The standard InChI is InChI=1S/C17H15NO4S2/c1-12-4-6-14(7-5-12)24(20,21)16-9-8-15(23-16)17(19)18-11-13-3-2-10-22-13/h2-10H,11H2,1H3,(H,18,19). The van der Waals surface area contributed by atoms with Crippen molar-refractivity contribution < 1.29 is 17.6 Å². The maximum atomic E-state index is 12.6. The van der Waals surface area contributed by atoms with Crippen LogP contribution in [0, 0.1) is 6.92 Å². The Morgan fingerprint density at radius 2 is 1.88 bits per heavy atom. The van der Waals surface area contributed by atoms with E-state index >= 15 is 0 Å². The molecule has 0 aliphatic heterocycles. The number of carbonyl (C=O) groups is 1. The van der Waals surface area contributed by atoms with Crippen molar-refractivity contribution in [1.82, 2.24) is 5.32 Å². The van der Waals surface area contributed by atoms with Gasteiger partial charge in [-0.2, -0.15) is 0 Å².